The van der Waals surface area contributed by atoms with Gasteiger partial charge in [0.1, 0.15) is 6.10 Å². The van der Waals surface area contributed by atoms with E-state index in [0.717, 1.165) is 18.4 Å². The maximum Gasteiger partial charge on any atom is 0.317 e. The number of ether oxygens (including phenoxy) is 1. The van der Waals surface area contributed by atoms with Gasteiger partial charge in [-0.15, -0.1) is 0 Å². The Morgan fingerprint density at radius 1 is 1.19 bits per heavy atom. The number of nitrogens with zero attached hydrogens (tertiary/aromatic N) is 2. The first-order valence-electron chi connectivity index (χ1n) is 9.60. The van der Waals surface area contributed by atoms with Crippen LogP contribution in [0.3, 0.4) is 0 Å². The molecule has 2 heterocycles. The molecule has 26 heavy (non-hydrogen) atoms. The van der Waals surface area contributed by atoms with E-state index < -0.39 is 6.10 Å². The number of hydrogen-bond donors (Lipinski definition) is 1. The third kappa shape index (κ3) is 3.18. The summed E-state index contributed by atoms with van der Waals surface area (Å²) in [5.41, 5.74) is 1.10. The first-order valence-corrected chi connectivity index (χ1v) is 9.60. The molecular weight excluding hydrogens is 330 g/mol. The normalized spacial score (nSPS) is 28.7. The fraction of sp³-hybridized carbons (Fsp3) is 0.600. The second kappa shape index (κ2) is 7.27. The van der Waals surface area contributed by atoms with Crippen molar-refractivity contribution < 1.29 is 14.3 Å². The Labute approximate surface area is 154 Å². The molecule has 1 aliphatic carbocycles. The summed E-state index contributed by atoms with van der Waals surface area (Å²) in [6, 6.07) is 10.3. The number of nitrogens with one attached hydrogen (secondary N) is 1. The van der Waals surface area contributed by atoms with Crippen molar-refractivity contribution >= 4 is 11.9 Å². The smallest absolute Gasteiger partial charge is 0.317 e. The van der Waals surface area contributed by atoms with Crippen molar-refractivity contribution in [3.63, 3.8) is 0 Å². The van der Waals surface area contributed by atoms with Gasteiger partial charge in [-0.25, -0.2) is 4.79 Å². The Balaban J connectivity index is 1.46. The Morgan fingerprint density at radius 3 is 2.62 bits per heavy atom. The summed E-state index contributed by atoms with van der Waals surface area (Å²) in [5, 5.41) is 3.16. The molecule has 2 saturated heterocycles. The van der Waals surface area contributed by atoms with E-state index in [1.54, 1.807) is 7.11 Å². The topological polar surface area (TPSA) is 61.9 Å². The molecule has 1 aromatic carbocycles. The molecule has 1 aromatic rings. The number of methoxy groups -OCH3 is 1. The molecule has 1 saturated carbocycles. The van der Waals surface area contributed by atoms with E-state index >= 15 is 0 Å². The Hall–Kier alpha value is -2.08. The number of carbonyl (C=O) groups is 2. The number of carbonyl (C=O) groups excluding carboxylic acids is 2. The molecule has 3 aliphatic rings. The lowest BCUT2D eigenvalue weighted by atomic mass is 10.0. The van der Waals surface area contributed by atoms with E-state index in [2.05, 4.69) is 5.32 Å². The zero-order valence-corrected chi connectivity index (χ0v) is 15.3. The number of fused-ring (bicyclic) bond motifs is 1. The Morgan fingerprint density at radius 2 is 1.92 bits per heavy atom. The average Bonchev–Trinajstić information content (AvgIpc) is 3.35. The van der Waals surface area contributed by atoms with Gasteiger partial charge in [0.25, 0.3) is 5.91 Å². The summed E-state index contributed by atoms with van der Waals surface area (Å²) in [6.45, 7) is 1.74. The predicted octanol–water partition coefficient (Wildman–Crippen LogP) is 2.00. The first kappa shape index (κ1) is 17.3. The third-order valence-corrected chi connectivity index (χ3v) is 6.07. The van der Waals surface area contributed by atoms with Gasteiger partial charge in [-0.05, 0) is 18.4 Å². The van der Waals surface area contributed by atoms with Crippen LogP contribution in [0, 0.1) is 5.92 Å². The minimum atomic E-state index is -0.451. The van der Waals surface area contributed by atoms with Crippen LogP contribution in [0.1, 0.15) is 31.2 Å². The van der Waals surface area contributed by atoms with Crippen LogP contribution in [-0.4, -0.2) is 60.1 Å². The zero-order chi connectivity index (χ0) is 18.1. The lowest BCUT2D eigenvalue weighted by Gasteiger charge is -2.26. The first-order chi connectivity index (χ1) is 12.7. The highest BCUT2D eigenvalue weighted by Gasteiger charge is 2.53. The number of likely N-dealkylation sites (tertiary alicyclic amines) is 2. The number of rotatable bonds is 4. The van der Waals surface area contributed by atoms with Crippen molar-refractivity contribution in [1.82, 2.24) is 15.1 Å². The monoisotopic (exact) mass is 357 g/mol. The molecule has 3 fully saturated rings. The van der Waals surface area contributed by atoms with E-state index in [0.29, 0.717) is 25.7 Å². The van der Waals surface area contributed by atoms with Crippen LogP contribution in [0.15, 0.2) is 30.3 Å². The molecule has 0 aromatic heterocycles. The summed E-state index contributed by atoms with van der Waals surface area (Å²) < 4.78 is 5.52. The van der Waals surface area contributed by atoms with Crippen LogP contribution in [-0.2, 0) is 16.1 Å². The molecule has 0 unspecified atom stereocenters. The molecule has 3 atom stereocenters. The minimum absolute atomic E-state index is 0.00765. The summed E-state index contributed by atoms with van der Waals surface area (Å²) in [7, 11) is 1.59. The number of benzene rings is 1. The highest BCUT2D eigenvalue weighted by molar-refractivity contribution is 5.85. The molecule has 1 N–H and O–H groups in total. The lowest BCUT2D eigenvalue weighted by molar-refractivity contribution is -0.138. The predicted molar refractivity (Wildman–Crippen MR) is 97.4 cm³/mol. The van der Waals surface area contributed by atoms with Crippen LogP contribution < -0.4 is 5.32 Å². The second-order valence-electron chi connectivity index (χ2n) is 7.68. The minimum Gasteiger partial charge on any atom is -0.371 e. The van der Waals surface area contributed by atoms with Gasteiger partial charge in [0.2, 0.25) is 0 Å². The van der Waals surface area contributed by atoms with Gasteiger partial charge in [0.15, 0.2) is 0 Å². The van der Waals surface area contributed by atoms with Gasteiger partial charge in [-0.2, -0.15) is 0 Å². The van der Waals surface area contributed by atoms with Gasteiger partial charge in [0, 0.05) is 38.7 Å². The maximum absolute atomic E-state index is 12.8. The van der Waals surface area contributed by atoms with E-state index in [-0.39, 0.29) is 23.9 Å². The molecule has 2 aliphatic heterocycles. The van der Waals surface area contributed by atoms with Crippen LogP contribution in [0.25, 0.3) is 0 Å². The van der Waals surface area contributed by atoms with Gasteiger partial charge in [-0.3, -0.25) is 4.79 Å². The van der Waals surface area contributed by atoms with E-state index in [4.69, 9.17) is 4.74 Å². The van der Waals surface area contributed by atoms with Crippen LogP contribution in [0.2, 0.25) is 0 Å². The fourth-order valence-electron chi connectivity index (χ4n) is 4.70. The zero-order valence-electron chi connectivity index (χ0n) is 15.3. The van der Waals surface area contributed by atoms with Crippen LogP contribution in [0.5, 0.6) is 0 Å². The fourth-order valence-corrected chi connectivity index (χ4v) is 4.70. The number of urea groups is 1. The number of hydrogen-bond acceptors (Lipinski definition) is 3. The average molecular weight is 357 g/mol. The van der Waals surface area contributed by atoms with Crippen molar-refractivity contribution in [2.45, 2.75) is 50.4 Å². The van der Waals surface area contributed by atoms with Gasteiger partial charge in [-0.1, -0.05) is 43.2 Å². The molecular formula is C20H27N3O3. The summed E-state index contributed by atoms with van der Waals surface area (Å²) in [4.78, 5) is 29.2. The largest absolute Gasteiger partial charge is 0.371 e. The highest BCUT2D eigenvalue weighted by Crippen LogP contribution is 2.35. The summed E-state index contributed by atoms with van der Waals surface area (Å²) >= 11 is 0. The summed E-state index contributed by atoms with van der Waals surface area (Å²) in [6.07, 6.45) is 4.09. The molecule has 0 spiro atoms. The molecule has 6 nitrogen and oxygen atoms in total. The van der Waals surface area contributed by atoms with Crippen LogP contribution in [0.4, 0.5) is 4.79 Å². The number of amides is 3. The molecule has 6 heteroatoms. The Bertz CT molecular complexity index is 660. The van der Waals surface area contributed by atoms with E-state index in [9.17, 15) is 9.59 Å². The van der Waals surface area contributed by atoms with Crippen molar-refractivity contribution in [3.05, 3.63) is 35.9 Å². The standard InChI is InChI=1S/C20H27N3O3/c1-26-18-16-12-22(20(25)21-15-9-5-6-10-15)13-17(16)23(19(18)24)11-14-7-3-2-4-8-14/h2-4,7-8,15-18H,5-6,9-13H2,1H3,(H,21,25)/t16-,17+,18-/m0/s1. The quantitative estimate of drug-likeness (QED) is 0.896. The van der Waals surface area contributed by atoms with E-state index in [1.807, 2.05) is 40.1 Å². The van der Waals surface area contributed by atoms with Gasteiger partial charge in [0.05, 0.1) is 6.04 Å². The lowest BCUT2D eigenvalue weighted by Crippen LogP contribution is -2.46. The van der Waals surface area contributed by atoms with Crippen molar-refractivity contribution in [2.24, 2.45) is 5.92 Å². The Kier molecular flexibility index (Phi) is 4.85. The molecule has 4 rings (SSSR count). The van der Waals surface area contributed by atoms with Gasteiger partial charge < -0.3 is 19.9 Å². The second-order valence-corrected chi connectivity index (χ2v) is 7.68. The third-order valence-electron chi connectivity index (χ3n) is 6.07. The van der Waals surface area contributed by atoms with Crippen molar-refractivity contribution in [3.8, 4) is 0 Å². The summed E-state index contributed by atoms with van der Waals surface area (Å²) in [5.74, 6) is 0.0905. The molecule has 0 radical (unpaired) electrons. The molecule has 140 valence electrons. The van der Waals surface area contributed by atoms with Crippen molar-refractivity contribution in [1.29, 1.82) is 0 Å². The van der Waals surface area contributed by atoms with Crippen molar-refractivity contribution in [2.75, 3.05) is 20.2 Å². The van der Waals surface area contributed by atoms with Gasteiger partial charge >= 0.3 is 6.03 Å². The maximum atomic E-state index is 12.8. The SMILES string of the molecule is CO[C@@H]1C(=O)N(Cc2ccccc2)[C@@H]2CN(C(=O)NC3CCCC3)C[C@H]12. The van der Waals surface area contributed by atoms with Crippen LogP contribution >= 0.6 is 0 Å². The molecule has 0 bridgehead atoms. The van der Waals surface area contributed by atoms with E-state index in [1.165, 1.54) is 12.8 Å². The highest BCUT2D eigenvalue weighted by atomic mass is 16.5. The molecule has 3 amide bonds.